The molecule has 1 aliphatic rings. The molecule has 1 saturated carbocycles. The van der Waals surface area contributed by atoms with Gasteiger partial charge in [-0.3, -0.25) is 4.98 Å². The standard InChI is InChI=1S/C14H16N2.ClH/c15-14(11-5-3-6-11)13-9-8-10-4-1-2-7-12(10)16-13;/h1-2,4,7-9,11,14H,3,5-6,15H2;1H/t14-;/m1./s1. The van der Waals surface area contributed by atoms with Crippen molar-refractivity contribution in [1.29, 1.82) is 0 Å². The van der Waals surface area contributed by atoms with Crippen molar-refractivity contribution in [3.05, 3.63) is 42.1 Å². The molecule has 1 heterocycles. The lowest BCUT2D eigenvalue weighted by Gasteiger charge is -2.30. The molecule has 2 N–H and O–H groups in total. The molecule has 0 aliphatic heterocycles. The second-order valence-corrected chi connectivity index (χ2v) is 4.65. The maximum absolute atomic E-state index is 6.23. The third kappa shape index (κ3) is 2.28. The van der Waals surface area contributed by atoms with Crippen LogP contribution in [0.1, 0.15) is 31.0 Å². The van der Waals surface area contributed by atoms with Crippen LogP contribution in [-0.2, 0) is 0 Å². The molecule has 0 saturated heterocycles. The lowest BCUT2D eigenvalue weighted by Crippen LogP contribution is -2.27. The Morgan fingerprint density at radius 2 is 1.88 bits per heavy atom. The zero-order valence-electron chi connectivity index (χ0n) is 9.67. The molecule has 1 fully saturated rings. The van der Waals surface area contributed by atoms with Gasteiger partial charge in [-0.1, -0.05) is 30.7 Å². The first kappa shape index (κ1) is 12.3. The third-order valence-electron chi connectivity index (χ3n) is 3.62. The number of halogens is 1. The lowest BCUT2D eigenvalue weighted by atomic mass is 9.79. The molecule has 0 unspecified atom stereocenters. The van der Waals surface area contributed by atoms with Crippen LogP contribution in [0.2, 0.25) is 0 Å². The van der Waals surface area contributed by atoms with Gasteiger partial charge in [-0.05, 0) is 30.9 Å². The predicted molar refractivity (Wildman–Crippen MR) is 73.3 cm³/mol. The molecule has 90 valence electrons. The average molecular weight is 249 g/mol. The topological polar surface area (TPSA) is 38.9 Å². The summed E-state index contributed by atoms with van der Waals surface area (Å²) in [5, 5.41) is 1.19. The fraction of sp³-hybridized carbons (Fsp3) is 0.357. The SMILES string of the molecule is Cl.N[C@@H](c1ccc2ccccc2n1)C1CCC1. The van der Waals surface area contributed by atoms with Crippen molar-refractivity contribution < 1.29 is 0 Å². The minimum Gasteiger partial charge on any atom is -0.322 e. The molecule has 1 aromatic heterocycles. The van der Waals surface area contributed by atoms with Gasteiger partial charge in [0.1, 0.15) is 0 Å². The number of pyridine rings is 1. The van der Waals surface area contributed by atoms with E-state index in [9.17, 15) is 0 Å². The van der Waals surface area contributed by atoms with E-state index in [0.29, 0.717) is 5.92 Å². The van der Waals surface area contributed by atoms with Crippen molar-refractivity contribution in [2.24, 2.45) is 11.7 Å². The van der Waals surface area contributed by atoms with Crippen LogP contribution in [0.15, 0.2) is 36.4 Å². The average Bonchev–Trinajstić information content (AvgIpc) is 2.26. The Kier molecular flexibility index (Phi) is 3.65. The third-order valence-corrected chi connectivity index (χ3v) is 3.62. The number of rotatable bonds is 2. The van der Waals surface area contributed by atoms with Gasteiger partial charge in [0.25, 0.3) is 0 Å². The van der Waals surface area contributed by atoms with Crippen molar-refractivity contribution >= 4 is 23.3 Å². The van der Waals surface area contributed by atoms with Gasteiger partial charge in [-0.15, -0.1) is 12.4 Å². The van der Waals surface area contributed by atoms with Crippen LogP contribution in [0.4, 0.5) is 0 Å². The molecule has 0 amide bonds. The maximum atomic E-state index is 6.23. The van der Waals surface area contributed by atoms with Gasteiger partial charge >= 0.3 is 0 Å². The summed E-state index contributed by atoms with van der Waals surface area (Å²) >= 11 is 0. The van der Waals surface area contributed by atoms with E-state index in [1.54, 1.807) is 0 Å². The van der Waals surface area contributed by atoms with E-state index in [1.165, 1.54) is 24.6 Å². The molecule has 1 aromatic carbocycles. The van der Waals surface area contributed by atoms with Crippen molar-refractivity contribution in [2.45, 2.75) is 25.3 Å². The zero-order chi connectivity index (χ0) is 11.0. The highest BCUT2D eigenvalue weighted by Gasteiger charge is 2.26. The lowest BCUT2D eigenvalue weighted by molar-refractivity contribution is 0.261. The summed E-state index contributed by atoms with van der Waals surface area (Å²) in [6, 6.07) is 12.5. The Hall–Kier alpha value is -1.12. The molecule has 0 spiro atoms. The van der Waals surface area contributed by atoms with Crippen LogP contribution in [0, 0.1) is 5.92 Å². The number of para-hydroxylation sites is 1. The first-order chi connectivity index (χ1) is 7.84. The number of nitrogens with zero attached hydrogens (tertiary/aromatic N) is 1. The van der Waals surface area contributed by atoms with E-state index < -0.39 is 0 Å². The van der Waals surface area contributed by atoms with E-state index in [1.807, 2.05) is 18.2 Å². The fourth-order valence-corrected chi connectivity index (χ4v) is 2.31. The van der Waals surface area contributed by atoms with Crippen LogP contribution in [-0.4, -0.2) is 4.98 Å². The molecule has 3 heteroatoms. The monoisotopic (exact) mass is 248 g/mol. The largest absolute Gasteiger partial charge is 0.322 e. The molecule has 2 nitrogen and oxygen atoms in total. The number of aromatic nitrogens is 1. The molecular formula is C14H17ClN2. The summed E-state index contributed by atoms with van der Waals surface area (Å²) in [7, 11) is 0. The molecule has 2 aromatic rings. The molecular weight excluding hydrogens is 232 g/mol. The minimum absolute atomic E-state index is 0. The highest BCUT2D eigenvalue weighted by Crippen LogP contribution is 2.35. The van der Waals surface area contributed by atoms with Gasteiger partial charge in [0.2, 0.25) is 0 Å². The number of benzene rings is 1. The second kappa shape index (κ2) is 5.03. The summed E-state index contributed by atoms with van der Waals surface area (Å²) in [4.78, 5) is 4.65. The van der Waals surface area contributed by atoms with Crippen molar-refractivity contribution in [1.82, 2.24) is 4.98 Å². The van der Waals surface area contributed by atoms with Crippen molar-refractivity contribution in [3.8, 4) is 0 Å². The molecule has 0 bridgehead atoms. The normalized spacial score (nSPS) is 17.2. The predicted octanol–water partition coefficient (Wildman–Crippen LogP) is 3.46. The Bertz CT molecular complexity index is 508. The number of fused-ring (bicyclic) bond motifs is 1. The first-order valence-electron chi connectivity index (χ1n) is 5.96. The Morgan fingerprint density at radius 1 is 1.12 bits per heavy atom. The number of nitrogens with two attached hydrogens (primary N) is 1. The van der Waals surface area contributed by atoms with Gasteiger partial charge < -0.3 is 5.73 Å². The highest BCUT2D eigenvalue weighted by atomic mass is 35.5. The summed E-state index contributed by atoms with van der Waals surface area (Å²) in [6.45, 7) is 0. The summed E-state index contributed by atoms with van der Waals surface area (Å²) in [6.07, 6.45) is 3.84. The van der Waals surface area contributed by atoms with Gasteiger partial charge in [0, 0.05) is 11.4 Å². The van der Waals surface area contributed by atoms with Gasteiger partial charge in [0.15, 0.2) is 0 Å². The zero-order valence-corrected chi connectivity index (χ0v) is 10.5. The molecule has 3 rings (SSSR count). The van der Waals surface area contributed by atoms with E-state index in [4.69, 9.17) is 5.73 Å². The highest BCUT2D eigenvalue weighted by molar-refractivity contribution is 5.85. The van der Waals surface area contributed by atoms with Gasteiger partial charge in [0.05, 0.1) is 11.2 Å². The van der Waals surface area contributed by atoms with Crippen molar-refractivity contribution in [2.75, 3.05) is 0 Å². The van der Waals surface area contributed by atoms with Gasteiger partial charge in [-0.2, -0.15) is 0 Å². The van der Waals surface area contributed by atoms with Crippen LogP contribution < -0.4 is 5.73 Å². The van der Waals surface area contributed by atoms with E-state index >= 15 is 0 Å². The first-order valence-corrected chi connectivity index (χ1v) is 5.96. The van der Waals surface area contributed by atoms with Crippen molar-refractivity contribution in [3.63, 3.8) is 0 Å². The Labute approximate surface area is 108 Å². The van der Waals surface area contributed by atoms with Crippen LogP contribution in [0.5, 0.6) is 0 Å². The quantitative estimate of drug-likeness (QED) is 0.884. The van der Waals surface area contributed by atoms with E-state index in [2.05, 4.69) is 23.2 Å². The minimum atomic E-state index is 0. The molecule has 1 aliphatic carbocycles. The Morgan fingerprint density at radius 3 is 2.59 bits per heavy atom. The van der Waals surface area contributed by atoms with Gasteiger partial charge in [-0.25, -0.2) is 0 Å². The molecule has 0 radical (unpaired) electrons. The number of hydrogen-bond acceptors (Lipinski definition) is 2. The molecule has 1 atom stereocenters. The second-order valence-electron chi connectivity index (χ2n) is 4.65. The van der Waals surface area contributed by atoms with E-state index in [-0.39, 0.29) is 18.4 Å². The summed E-state index contributed by atoms with van der Waals surface area (Å²) < 4.78 is 0. The molecule has 17 heavy (non-hydrogen) atoms. The van der Waals surface area contributed by atoms with Crippen LogP contribution in [0.3, 0.4) is 0 Å². The summed E-state index contributed by atoms with van der Waals surface area (Å²) in [5.41, 5.74) is 8.32. The Balaban J connectivity index is 0.00000108. The maximum Gasteiger partial charge on any atom is 0.0706 e. The van der Waals surface area contributed by atoms with E-state index in [0.717, 1.165) is 11.2 Å². The van der Waals surface area contributed by atoms with Crippen LogP contribution >= 0.6 is 12.4 Å². The van der Waals surface area contributed by atoms with Crippen LogP contribution in [0.25, 0.3) is 10.9 Å². The number of hydrogen-bond donors (Lipinski definition) is 1. The smallest absolute Gasteiger partial charge is 0.0706 e. The summed E-state index contributed by atoms with van der Waals surface area (Å²) in [5.74, 6) is 0.647. The fourth-order valence-electron chi connectivity index (χ4n) is 2.31.